The van der Waals surface area contributed by atoms with Gasteiger partial charge in [0.05, 0.1) is 12.3 Å². The first-order valence-electron chi connectivity index (χ1n) is 3.90. The average molecular weight is 181 g/mol. The van der Waals surface area contributed by atoms with E-state index >= 15 is 0 Å². The number of thioether (sulfide) groups is 1. The van der Waals surface area contributed by atoms with Crippen LogP contribution in [0.4, 0.5) is 0 Å². The Morgan fingerprint density at radius 2 is 2.50 bits per heavy atom. The van der Waals surface area contributed by atoms with Crippen molar-refractivity contribution in [1.29, 1.82) is 0 Å². The zero-order chi connectivity index (χ0) is 8.55. The molecule has 2 heterocycles. The molecule has 2 atom stereocenters. The van der Waals surface area contributed by atoms with Gasteiger partial charge in [-0.05, 0) is 12.3 Å². The molecule has 0 fully saturated rings. The molecule has 0 aromatic carbocycles. The van der Waals surface area contributed by atoms with Crippen molar-refractivity contribution in [3.8, 4) is 0 Å². The minimum absolute atomic E-state index is 0.324. The van der Waals surface area contributed by atoms with Gasteiger partial charge in [0, 0.05) is 7.05 Å². The molecule has 0 aromatic rings. The molecule has 0 bridgehead atoms. The lowest BCUT2D eigenvalue weighted by atomic mass is 10.00. The van der Waals surface area contributed by atoms with Crippen molar-refractivity contribution in [3.63, 3.8) is 0 Å². The van der Waals surface area contributed by atoms with Crippen LogP contribution in [0.2, 0.25) is 0 Å². The van der Waals surface area contributed by atoms with Crippen molar-refractivity contribution >= 4 is 23.9 Å². The number of hydrogen-bond acceptors (Lipinski definition) is 3. The zero-order valence-corrected chi connectivity index (χ0v) is 7.93. The third-order valence-corrected chi connectivity index (χ3v) is 3.32. The Balaban J connectivity index is 2.33. The molecule has 12 heavy (non-hydrogen) atoms. The second-order valence-corrected chi connectivity index (χ2v) is 3.89. The van der Waals surface area contributed by atoms with E-state index in [2.05, 4.69) is 27.6 Å². The first kappa shape index (κ1) is 7.86. The van der Waals surface area contributed by atoms with Crippen LogP contribution in [-0.4, -0.2) is 24.6 Å². The summed E-state index contributed by atoms with van der Waals surface area (Å²) in [6, 6.07) is 0. The van der Waals surface area contributed by atoms with Gasteiger partial charge in [0.25, 0.3) is 0 Å². The van der Waals surface area contributed by atoms with Gasteiger partial charge in [-0.25, -0.2) is 0 Å². The summed E-state index contributed by atoms with van der Waals surface area (Å²) in [6.45, 7) is 2.13. The normalized spacial score (nSPS) is 36.2. The van der Waals surface area contributed by atoms with Gasteiger partial charge in [-0.2, -0.15) is 0 Å². The molecule has 4 heteroatoms. The Kier molecular flexibility index (Phi) is 1.92. The Hall–Kier alpha value is -0.770. The van der Waals surface area contributed by atoms with E-state index in [1.807, 2.05) is 7.05 Å². The predicted molar refractivity (Wildman–Crippen MR) is 53.6 cm³/mol. The number of aliphatic imine (C=N–C) groups is 2. The van der Waals surface area contributed by atoms with Crippen LogP contribution in [0.5, 0.6) is 0 Å². The summed E-state index contributed by atoms with van der Waals surface area (Å²) >= 11 is 1.77. The maximum Gasteiger partial charge on any atom is 0.114 e. The first-order valence-corrected chi connectivity index (χ1v) is 4.84. The number of hydrogen-bond donors (Lipinski definition) is 1. The molecule has 1 N–H and O–H groups in total. The fourth-order valence-corrected chi connectivity index (χ4v) is 2.63. The quantitative estimate of drug-likeness (QED) is 0.610. The summed E-state index contributed by atoms with van der Waals surface area (Å²) < 4.78 is 0. The highest BCUT2D eigenvalue weighted by Gasteiger charge is 2.33. The van der Waals surface area contributed by atoms with Crippen molar-refractivity contribution in [2.24, 2.45) is 15.9 Å². The topological polar surface area (TPSA) is 36.8 Å². The van der Waals surface area contributed by atoms with E-state index in [4.69, 9.17) is 0 Å². The molecule has 0 aliphatic carbocycles. The van der Waals surface area contributed by atoms with Gasteiger partial charge in [-0.3, -0.25) is 9.98 Å². The van der Waals surface area contributed by atoms with Gasteiger partial charge < -0.3 is 5.32 Å². The Bertz CT molecular complexity index is 280. The van der Waals surface area contributed by atoms with Gasteiger partial charge >= 0.3 is 0 Å². The number of fused-ring (bicyclic) bond motifs is 1. The number of nitrogens with one attached hydrogen (secondary N) is 1. The number of rotatable bonds is 0. The molecule has 2 rings (SSSR count). The average Bonchev–Trinajstić information content (AvgIpc) is 2.48. The molecule has 3 nitrogen and oxygen atoms in total. The number of nitrogens with zero attached hydrogens (tertiary/aromatic N) is 2. The van der Waals surface area contributed by atoms with Crippen molar-refractivity contribution in [1.82, 2.24) is 5.32 Å². The van der Waals surface area contributed by atoms with Crippen LogP contribution in [0.15, 0.2) is 21.0 Å². The highest BCUT2D eigenvalue weighted by molar-refractivity contribution is 8.03. The van der Waals surface area contributed by atoms with Crippen LogP contribution in [0, 0.1) is 5.92 Å². The minimum atomic E-state index is 0.324. The first-order chi connectivity index (χ1) is 5.83. The molecule has 0 amide bonds. The van der Waals surface area contributed by atoms with E-state index < -0.39 is 0 Å². The van der Waals surface area contributed by atoms with Crippen molar-refractivity contribution in [3.05, 3.63) is 11.0 Å². The Morgan fingerprint density at radius 1 is 1.67 bits per heavy atom. The molecular weight excluding hydrogens is 170 g/mol. The van der Waals surface area contributed by atoms with Gasteiger partial charge in [0.2, 0.25) is 0 Å². The minimum Gasteiger partial charge on any atom is -0.335 e. The zero-order valence-electron chi connectivity index (χ0n) is 7.11. The third-order valence-electron chi connectivity index (χ3n) is 2.14. The van der Waals surface area contributed by atoms with Gasteiger partial charge in [0.1, 0.15) is 11.2 Å². The van der Waals surface area contributed by atoms with Crippen molar-refractivity contribution in [2.45, 2.75) is 12.3 Å². The summed E-state index contributed by atoms with van der Waals surface area (Å²) in [5, 5.41) is 5.57. The van der Waals surface area contributed by atoms with Crippen LogP contribution in [0.1, 0.15) is 6.92 Å². The third kappa shape index (κ3) is 1.06. The van der Waals surface area contributed by atoms with Crippen LogP contribution in [-0.2, 0) is 0 Å². The second kappa shape index (κ2) is 2.94. The Morgan fingerprint density at radius 3 is 3.25 bits per heavy atom. The maximum absolute atomic E-state index is 4.33. The summed E-state index contributed by atoms with van der Waals surface area (Å²) in [4.78, 5) is 8.53. The smallest absolute Gasteiger partial charge is 0.114 e. The van der Waals surface area contributed by atoms with E-state index in [0.717, 1.165) is 5.84 Å². The summed E-state index contributed by atoms with van der Waals surface area (Å²) in [5.41, 5.74) is 1.36. The molecule has 2 aliphatic rings. The second-order valence-electron chi connectivity index (χ2n) is 2.90. The van der Waals surface area contributed by atoms with Crippen LogP contribution in [0.3, 0.4) is 0 Å². The molecule has 2 unspecified atom stereocenters. The monoisotopic (exact) mass is 181 g/mol. The lowest BCUT2D eigenvalue weighted by Crippen LogP contribution is -2.38. The lowest BCUT2D eigenvalue weighted by molar-refractivity contribution is 0.743. The van der Waals surface area contributed by atoms with E-state index in [1.165, 1.54) is 5.57 Å². The maximum atomic E-state index is 4.33. The summed E-state index contributed by atoms with van der Waals surface area (Å²) in [6.07, 6.45) is 1.74. The van der Waals surface area contributed by atoms with E-state index in [-0.39, 0.29) is 0 Å². The molecule has 64 valence electrons. The molecular formula is C8H11N3S. The largest absolute Gasteiger partial charge is 0.335 e. The highest BCUT2D eigenvalue weighted by Crippen LogP contribution is 2.37. The fourth-order valence-electron chi connectivity index (χ4n) is 1.50. The lowest BCUT2D eigenvalue weighted by Gasteiger charge is -2.23. The van der Waals surface area contributed by atoms with Crippen molar-refractivity contribution in [2.75, 3.05) is 7.05 Å². The predicted octanol–water partition coefficient (Wildman–Crippen LogP) is 1.24. The van der Waals surface area contributed by atoms with E-state index in [1.54, 1.807) is 18.1 Å². The summed E-state index contributed by atoms with van der Waals surface area (Å²) in [7, 11) is 1.81. The highest BCUT2D eigenvalue weighted by atomic mass is 32.2. The summed E-state index contributed by atoms with van der Waals surface area (Å²) in [5.74, 6) is 1.42. The molecule has 2 aliphatic heterocycles. The van der Waals surface area contributed by atoms with Gasteiger partial charge in [-0.1, -0.05) is 5.57 Å². The standard InChI is InChI=1S/C8H11N3S/c1-5-3-12-8-6(5)7(9-2)10-4-11-8/h3-4,6,8H,1-2H3,(H,9,10,11). The van der Waals surface area contributed by atoms with Gasteiger partial charge in [0.15, 0.2) is 0 Å². The van der Waals surface area contributed by atoms with Gasteiger partial charge in [-0.15, -0.1) is 11.8 Å². The van der Waals surface area contributed by atoms with Crippen LogP contribution < -0.4 is 5.32 Å². The molecule has 0 radical (unpaired) electrons. The fraction of sp³-hybridized carbons (Fsp3) is 0.500. The molecule has 0 saturated carbocycles. The van der Waals surface area contributed by atoms with E-state index in [9.17, 15) is 0 Å². The molecule has 0 saturated heterocycles. The number of amidine groups is 1. The SMILES string of the molecule is CN=C1NC=NC2SC=C(C)C12. The Labute approximate surface area is 76.1 Å². The molecule has 0 spiro atoms. The molecule has 0 aromatic heterocycles. The van der Waals surface area contributed by atoms with Crippen molar-refractivity contribution < 1.29 is 0 Å². The van der Waals surface area contributed by atoms with Crippen LogP contribution >= 0.6 is 11.8 Å². The van der Waals surface area contributed by atoms with Crippen LogP contribution in [0.25, 0.3) is 0 Å². The van der Waals surface area contributed by atoms with E-state index in [0.29, 0.717) is 11.3 Å².